The molecule has 2 N–H and O–H groups in total. The van der Waals surface area contributed by atoms with Crippen molar-refractivity contribution in [3.63, 3.8) is 0 Å². The Kier molecular flexibility index (Phi) is 4.05. The number of nitrogens with one attached hydrogen (secondary N) is 2. The van der Waals surface area contributed by atoms with Gasteiger partial charge < -0.3 is 10.6 Å². The molecule has 2 aromatic rings. The van der Waals surface area contributed by atoms with Gasteiger partial charge in [0.05, 0.1) is 12.1 Å². The van der Waals surface area contributed by atoms with Crippen LogP contribution in [-0.4, -0.2) is 26.5 Å². The van der Waals surface area contributed by atoms with Crippen LogP contribution in [0.2, 0.25) is 5.28 Å². The number of thiazole rings is 1. The highest BCUT2D eigenvalue weighted by Crippen LogP contribution is 2.12. The Balaban J connectivity index is 2.04. The van der Waals surface area contributed by atoms with Gasteiger partial charge in [-0.25, -0.2) is 0 Å². The summed E-state index contributed by atoms with van der Waals surface area (Å²) >= 11 is 7.36. The molecular formula is C9H11ClN6S. The van der Waals surface area contributed by atoms with E-state index in [-0.39, 0.29) is 5.28 Å². The molecule has 90 valence electrons. The third-order valence-electron chi connectivity index (χ3n) is 1.85. The van der Waals surface area contributed by atoms with Crippen LogP contribution in [0.1, 0.15) is 11.8 Å². The van der Waals surface area contributed by atoms with Crippen molar-refractivity contribution in [3.8, 4) is 0 Å². The summed E-state index contributed by atoms with van der Waals surface area (Å²) in [7, 11) is 0. The minimum atomic E-state index is 0.169. The Hall–Kier alpha value is -1.47. The fraction of sp³-hybridized carbons (Fsp3) is 0.333. The van der Waals surface area contributed by atoms with E-state index in [2.05, 4.69) is 30.6 Å². The first kappa shape index (κ1) is 12.0. The zero-order chi connectivity index (χ0) is 12.1. The van der Waals surface area contributed by atoms with Gasteiger partial charge in [-0.1, -0.05) is 0 Å². The lowest BCUT2D eigenvalue weighted by molar-refractivity contribution is 0.992. The summed E-state index contributed by atoms with van der Waals surface area (Å²) in [6.07, 6.45) is 1.80. The summed E-state index contributed by atoms with van der Waals surface area (Å²) in [5.41, 5.74) is 1.78. The number of anilines is 2. The van der Waals surface area contributed by atoms with Crippen LogP contribution in [0, 0.1) is 0 Å². The van der Waals surface area contributed by atoms with E-state index in [1.54, 1.807) is 23.0 Å². The van der Waals surface area contributed by atoms with E-state index in [0.717, 1.165) is 11.4 Å². The second-order valence-corrected chi connectivity index (χ2v) is 4.41. The number of nitrogens with zero attached hydrogens (tertiary/aromatic N) is 4. The standard InChI is InChI=1S/C9H11ClN6S/c1-2-12-8-14-7(10)15-9(16-8)13-4-6-3-11-5-17-6/h3,5H,2,4H2,1H3,(H2,12,13,14,15,16). The molecule has 0 bridgehead atoms. The van der Waals surface area contributed by atoms with Crippen LogP contribution < -0.4 is 10.6 Å². The highest BCUT2D eigenvalue weighted by atomic mass is 35.5. The van der Waals surface area contributed by atoms with Gasteiger partial charge in [-0.15, -0.1) is 11.3 Å². The van der Waals surface area contributed by atoms with E-state index in [0.29, 0.717) is 18.4 Å². The fourth-order valence-corrected chi connectivity index (χ4v) is 1.86. The average molecular weight is 271 g/mol. The van der Waals surface area contributed by atoms with Crippen LogP contribution in [0.3, 0.4) is 0 Å². The van der Waals surface area contributed by atoms with Gasteiger partial charge in [0.1, 0.15) is 0 Å². The smallest absolute Gasteiger partial charge is 0.229 e. The molecule has 2 aromatic heterocycles. The van der Waals surface area contributed by atoms with Gasteiger partial charge >= 0.3 is 0 Å². The van der Waals surface area contributed by atoms with E-state index in [4.69, 9.17) is 11.6 Å². The highest BCUT2D eigenvalue weighted by molar-refractivity contribution is 7.09. The summed E-state index contributed by atoms with van der Waals surface area (Å²) in [5.74, 6) is 0.925. The Morgan fingerprint density at radius 1 is 1.24 bits per heavy atom. The normalized spacial score (nSPS) is 10.2. The van der Waals surface area contributed by atoms with Crippen molar-refractivity contribution in [1.29, 1.82) is 0 Å². The minimum absolute atomic E-state index is 0.169. The van der Waals surface area contributed by atoms with Crippen LogP contribution in [0.15, 0.2) is 11.7 Å². The van der Waals surface area contributed by atoms with Crippen molar-refractivity contribution in [3.05, 3.63) is 21.9 Å². The third kappa shape index (κ3) is 3.50. The summed E-state index contributed by atoms with van der Waals surface area (Å²) in [6, 6.07) is 0. The summed E-state index contributed by atoms with van der Waals surface area (Å²) < 4.78 is 0. The Bertz CT molecular complexity index is 474. The van der Waals surface area contributed by atoms with Gasteiger partial charge in [0.25, 0.3) is 0 Å². The molecule has 2 rings (SSSR count). The minimum Gasteiger partial charge on any atom is -0.354 e. The largest absolute Gasteiger partial charge is 0.354 e. The Morgan fingerprint density at radius 3 is 2.65 bits per heavy atom. The lowest BCUT2D eigenvalue weighted by Gasteiger charge is -2.05. The maximum Gasteiger partial charge on any atom is 0.229 e. The van der Waals surface area contributed by atoms with Gasteiger partial charge in [-0.3, -0.25) is 4.98 Å². The van der Waals surface area contributed by atoms with Crippen molar-refractivity contribution in [2.24, 2.45) is 0 Å². The molecule has 17 heavy (non-hydrogen) atoms. The SMILES string of the molecule is CCNc1nc(Cl)nc(NCc2cncs2)n1. The van der Waals surface area contributed by atoms with E-state index < -0.39 is 0 Å². The maximum absolute atomic E-state index is 5.79. The molecule has 8 heteroatoms. The van der Waals surface area contributed by atoms with Crippen LogP contribution >= 0.6 is 22.9 Å². The first-order valence-electron chi connectivity index (χ1n) is 5.04. The van der Waals surface area contributed by atoms with Crippen LogP contribution in [0.25, 0.3) is 0 Å². The molecule has 0 saturated heterocycles. The number of aromatic nitrogens is 4. The van der Waals surface area contributed by atoms with Gasteiger partial charge in [0.15, 0.2) is 0 Å². The maximum atomic E-state index is 5.79. The molecule has 0 aliphatic carbocycles. The molecular weight excluding hydrogens is 260 g/mol. The van der Waals surface area contributed by atoms with Crippen molar-refractivity contribution < 1.29 is 0 Å². The molecule has 0 saturated carbocycles. The molecule has 0 fully saturated rings. The Labute approximate surface area is 108 Å². The van der Waals surface area contributed by atoms with E-state index in [9.17, 15) is 0 Å². The second kappa shape index (κ2) is 5.74. The van der Waals surface area contributed by atoms with Gasteiger partial charge in [-0.05, 0) is 18.5 Å². The van der Waals surface area contributed by atoms with Crippen molar-refractivity contribution in [2.45, 2.75) is 13.5 Å². The molecule has 0 radical (unpaired) electrons. The van der Waals surface area contributed by atoms with Gasteiger partial charge in [-0.2, -0.15) is 15.0 Å². The van der Waals surface area contributed by atoms with Gasteiger partial charge in [0, 0.05) is 17.6 Å². The van der Waals surface area contributed by atoms with E-state index in [1.165, 1.54) is 0 Å². The quantitative estimate of drug-likeness (QED) is 0.866. The van der Waals surface area contributed by atoms with Crippen molar-refractivity contribution in [2.75, 3.05) is 17.2 Å². The van der Waals surface area contributed by atoms with Crippen LogP contribution in [0.5, 0.6) is 0 Å². The van der Waals surface area contributed by atoms with Crippen LogP contribution in [0.4, 0.5) is 11.9 Å². The number of rotatable bonds is 5. The van der Waals surface area contributed by atoms with Crippen molar-refractivity contribution in [1.82, 2.24) is 19.9 Å². The Morgan fingerprint density at radius 2 is 2.00 bits per heavy atom. The molecule has 0 amide bonds. The molecule has 0 aliphatic heterocycles. The molecule has 0 unspecified atom stereocenters. The molecule has 0 atom stereocenters. The summed E-state index contributed by atoms with van der Waals surface area (Å²) in [6.45, 7) is 3.31. The zero-order valence-corrected chi connectivity index (χ0v) is 10.7. The zero-order valence-electron chi connectivity index (χ0n) is 9.14. The summed E-state index contributed by atoms with van der Waals surface area (Å²) in [4.78, 5) is 17.2. The molecule has 6 nitrogen and oxygen atoms in total. The molecule has 2 heterocycles. The predicted molar refractivity (Wildman–Crippen MR) is 68.4 cm³/mol. The lowest BCUT2D eigenvalue weighted by Crippen LogP contribution is -2.08. The molecule has 0 aromatic carbocycles. The first-order chi connectivity index (χ1) is 8.28. The fourth-order valence-electron chi connectivity index (χ4n) is 1.16. The molecule has 0 spiro atoms. The third-order valence-corrected chi connectivity index (χ3v) is 2.80. The average Bonchev–Trinajstić information content (AvgIpc) is 2.79. The predicted octanol–water partition coefficient (Wildman–Crippen LogP) is 2.03. The second-order valence-electron chi connectivity index (χ2n) is 3.10. The monoisotopic (exact) mass is 270 g/mol. The first-order valence-corrected chi connectivity index (χ1v) is 6.30. The number of hydrogen-bond donors (Lipinski definition) is 2. The van der Waals surface area contributed by atoms with E-state index >= 15 is 0 Å². The topological polar surface area (TPSA) is 75.6 Å². The highest BCUT2D eigenvalue weighted by Gasteiger charge is 2.04. The summed E-state index contributed by atoms with van der Waals surface area (Å²) in [5, 5.41) is 6.23. The van der Waals surface area contributed by atoms with E-state index in [1.807, 2.05) is 6.92 Å². The number of halogens is 1. The lowest BCUT2D eigenvalue weighted by atomic mass is 10.5. The van der Waals surface area contributed by atoms with Gasteiger partial charge in [0.2, 0.25) is 17.2 Å². The van der Waals surface area contributed by atoms with Crippen LogP contribution in [-0.2, 0) is 6.54 Å². The van der Waals surface area contributed by atoms with Crippen molar-refractivity contribution >= 4 is 34.8 Å². The molecule has 0 aliphatic rings. The number of hydrogen-bond acceptors (Lipinski definition) is 7.